The molecule has 112 valence electrons. The van der Waals surface area contributed by atoms with Crippen LogP contribution in [0.25, 0.3) is 0 Å². The van der Waals surface area contributed by atoms with Crippen molar-refractivity contribution in [2.75, 3.05) is 19.7 Å². The van der Waals surface area contributed by atoms with Crippen molar-refractivity contribution < 1.29 is 9.53 Å². The number of nitrogens with zero attached hydrogens (tertiary/aromatic N) is 2. The van der Waals surface area contributed by atoms with Gasteiger partial charge in [-0.3, -0.25) is 9.69 Å². The Bertz CT molecular complexity index is 495. The van der Waals surface area contributed by atoms with Crippen LogP contribution in [0.5, 0.6) is 0 Å². The highest BCUT2D eigenvalue weighted by Gasteiger charge is 2.31. The van der Waals surface area contributed by atoms with Crippen molar-refractivity contribution in [3.63, 3.8) is 0 Å². The van der Waals surface area contributed by atoms with E-state index in [2.05, 4.69) is 23.1 Å². The molecule has 0 aliphatic carbocycles. The van der Waals surface area contributed by atoms with Gasteiger partial charge in [0, 0.05) is 12.6 Å². The highest BCUT2D eigenvalue weighted by atomic mass is 16.5. The number of carbonyl (C=O) groups excluding carboxylic acids is 1. The van der Waals surface area contributed by atoms with E-state index in [-0.39, 0.29) is 17.9 Å². The fourth-order valence-corrected chi connectivity index (χ4v) is 2.96. The summed E-state index contributed by atoms with van der Waals surface area (Å²) in [7, 11) is 0. The first kappa shape index (κ1) is 15.5. The zero-order valence-electron chi connectivity index (χ0n) is 12.5. The number of carbonyl (C=O) groups is 1. The summed E-state index contributed by atoms with van der Waals surface area (Å²) in [6, 6.07) is 12.4. The van der Waals surface area contributed by atoms with E-state index in [4.69, 9.17) is 10.00 Å². The molecule has 0 radical (unpaired) electrons. The lowest BCUT2D eigenvalue weighted by Crippen LogP contribution is -2.41. The van der Waals surface area contributed by atoms with Crippen LogP contribution in [0.2, 0.25) is 0 Å². The van der Waals surface area contributed by atoms with Gasteiger partial charge in [0.05, 0.1) is 25.0 Å². The molecule has 1 aliphatic heterocycles. The molecule has 2 atom stereocenters. The second-order valence-corrected chi connectivity index (χ2v) is 5.37. The number of esters is 1. The first-order chi connectivity index (χ1) is 10.3. The second-order valence-electron chi connectivity index (χ2n) is 5.37. The molecule has 0 saturated carbocycles. The van der Waals surface area contributed by atoms with Crippen molar-refractivity contribution in [1.29, 1.82) is 5.26 Å². The summed E-state index contributed by atoms with van der Waals surface area (Å²) in [5.74, 6) is -0.172. The molecule has 1 aromatic rings. The van der Waals surface area contributed by atoms with E-state index in [0.717, 1.165) is 24.9 Å². The smallest absolute Gasteiger partial charge is 0.310 e. The van der Waals surface area contributed by atoms with E-state index < -0.39 is 0 Å². The molecule has 0 N–H and O–H groups in total. The molecule has 0 amide bonds. The SMILES string of the molecule is CCOC(=O)C1CCCN(C(CC#N)c2ccccc2)C1. The fraction of sp³-hybridized carbons (Fsp3) is 0.529. The third-order valence-corrected chi connectivity index (χ3v) is 3.98. The van der Waals surface area contributed by atoms with Gasteiger partial charge >= 0.3 is 5.97 Å². The first-order valence-corrected chi connectivity index (χ1v) is 7.58. The van der Waals surface area contributed by atoms with Gasteiger partial charge in [-0.1, -0.05) is 30.3 Å². The van der Waals surface area contributed by atoms with Crippen LogP contribution >= 0.6 is 0 Å². The molecule has 0 aromatic heterocycles. The van der Waals surface area contributed by atoms with E-state index in [1.165, 1.54) is 0 Å². The lowest BCUT2D eigenvalue weighted by molar-refractivity contribution is -0.150. The topological polar surface area (TPSA) is 53.3 Å². The molecule has 21 heavy (non-hydrogen) atoms. The van der Waals surface area contributed by atoms with Gasteiger partial charge in [0.1, 0.15) is 0 Å². The lowest BCUT2D eigenvalue weighted by atomic mass is 9.94. The van der Waals surface area contributed by atoms with Gasteiger partial charge in [0.2, 0.25) is 0 Å². The van der Waals surface area contributed by atoms with E-state index in [0.29, 0.717) is 19.6 Å². The van der Waals surface area contributed by atoms with Gasteiger partial charge in [-0.2, -0.15) is 5.26 Å². The first-order valence-electron chi connectivity index (χ1n) is 7.58. The quantitative estimate of drug-likeness (QED) is 0.781. The van der Waals surface area contributed by atoms with Crippen LogP contribution in [-0.4, -0.2) is 30.6 Å². The molecule has 2 unspecified atom stereocenters. The summed E-state index contributed by atoms with van der Waals surface area (Å²) < 4.78 is 5.14. The normalized spacial score (nSPS) is 20.5. The van der Waals surface area contributed by atoms with Crippen molar-refractivity contribution in [2.45, 2.75) is 32.2 Å². The molecule has 0 spiro atoms. The zero-order chi connectivity index (χ0) is 15.1. The summed E-state index contributed by atoms with van der Waals surface area (Å²) in [5, 5.41) is 9.12. The number of hydrogen-bond donors (Lipinski definition) is 0. The Morgan fingerprint density at radius 1 is 1.48 bits per heavy atom. The minimum Gasteiger partial charge on any atom is -0.466 e. The Morgan fingerprint density at radius 3 is 2.90 bits per heavy atom. The Hall–Kier alpha value is -1.86. The molecular formula is C17H22N2O2. The van der Waals surface area contributed by atoms with E-state index in [1.807, 2.05) is 25.1 Å². The predicted octanol–water partition coefficient (Wildman–Crippen LogP) is 2.92. The molecule has 1 aliphatic rings. The fourth-order valence-electron chi connectivity index (χ4n) is 2.96. The molecule has 1 aromatic carbocycles. The van der Waals surface area contributed by atoms with Gasteiger partial charge in [0.25, 0.3) is 0 Å². The monoisotopic (exact) mass is 286 g/mol. The zero-order valence-corrected chi connectivity index (χ0v) is 12.5. The second kappa shape index (κ2) is 7.80. The molecule has 1 saturated heterocycles. The third kappa shape index (κ3) is 4.05. The van der Waals surface area contributed by atoms with E-state index >= 15 is 0 Å². The summed E-state index contributed by atoms with van der Waals surface area (Å²) in [6.07, 6.45) is 2.29. The number of nitriles is 1. The number of likely N-dealkylation sites (tertiary alicyclic amines) is 1. The minimum absolute atomic E-state index is 0.0634. The summed E-state index contributed by atoms with van der Waals surface area (Å²) >= 11 is 0. The predicted molar refractivity (Wildman–Crippen MR) is 80.3 cm³/mol. The average molecular weight is 286 g/mol. The number of hydrogen-bond acceptors (Lipinski definition) is 4. The van der Waals surface area contributed by atoms with Crippen LogP contribution in [0, 0.1) is 17.2 Å². The largest absolute Gasteiger partial charge is 0.466 e. The number of piperidine rings is 1. The van der Waals surface area contributed by atoms with Gasteiger partial charge in [-0.05, 0) is 31.9 Å². The van der Waals surface area contributed by atoms with Gasteiger partial charge in [0.15, 0.2) is 0 Å². The van der Waals surface area contributed by atoms with Crippen molar-refractivity contribution in [3.8, 4) is 6.07 Å². The van der Waals surface area contributed by atoms with E-state index in [1.54, 1.807) is 0 Å². The van der Waals surface area contributed by atoms with Crippen LogP contribution in [0.1, 0.15) is 37.8 Å². The maximum atomic E-state index is 11.9. The third-order valence-electron chi connectivity index (χ3n) is 3.98. The maximum absolute atomic E-state index is 11.9. The number of ether oxygens (including phenoxy) is 1. The molecular weight excluding hydrogens is 264 g/mol. The van der Waals surface area contributed by atoms with Crippen LogP contribution in [0.15, 0.2) is 30.3 Å². The molecule has 4 heteroatoms. The molecule has 1 heterocycles. The van der Waals surface area contributed by atoms with Crippen LogP contribution in [0.4, 0.5) is 0 Å². The molecule has 2 rings (SSSR count). The maximum Gasteiger partial charge on any atom is 0.310 e. The number of benzene rings is 1. The van der Waals surface area contributed by atoms with Crippen molar-refractivity contribution in [1.82, 2.24) is 4.90 Å². The van der Waals surface area contributed by atoms with Crippen LogP contribution in [-0.2, 0) is 9.53 Å². The minimum atomic E-state index is -0.106. The van der Waals surface area contributed by atoms with Crippen molar-refractivity contribution in [3.05, 3.63) is 35.9 Å². The molecule has 0 bridgehead atoms. The van der Waals surface area contributed by atoms with Crippen molar-refractivity contribution in [2.24, 2.45) is 5.92 Å². The van der Waals surface area contributed by atoms with Gasteiger partial charge in [-0.15, -0.1) is 0 Å². The van der Waals surface area contributed by atoms with Gasteiger partial charge in [-0.25, -0.2) is 0 Å². The molecule has 4 nitrogen and oxygen atoms in total. The van der Waals surface area contributed by atoms with E-state index in [9.17, 15) is 4.79 Å². The summed E-state index contributed by atoms with van der Waals surface area (Å²) in [4.78, 5) is 14.2. The van der Waals surface area contributed by atoms with Gasteiger partial charge < -0.3 is 4.74 Å². The standard InChI is InChI=1S/C17H22N2O2/c1-2-21-17(20)15-9-6-12-19(13-15)16(10-11-18)14-7-4-3-5-8-14/h3-5,7-8,15-16H,2,6,9-10,12-13H2,1H3. The summed E-state index contributed by atoms with van der Waals surface area (Å²) in [5.41, 5.74) is 1.14. The average Bonchev–Trinajstić information content (AvgIpc) is 2.54. The highest BCUT2D eigenvalue weighted by Crippen LogP contribution is 2.29. The van der Waals surface area contributed by atoms with Crippen molar-refractivity contribution >= 4 is 5.97 Å². The Morgan fingerprint density at radius 2 is 2.24 bits per heavy atom. The number of rotatable bonds is 5. The highest BCUT2D eigenvalue weighted by molar-refractivity contribution is 5.72. The Balaban J connectivity index is 2.10. The van der Waals surface area contributed by atoms with Crippen LogP contribution < -0.4 is 0 Å². The lowest BCUT2D eigenvalue weighted by Gasteiger charge is -2.36. The Kier molecular flexibility index (Phi) is 5.77. The van der Waals surface area contributed by atoms with Crippen LogP contribution in [0.3, 0.4) is 0 Å². The molecule has 1 fully saturated rings. The Labute approximate surface area is 126 Å². The summed E-state index contributed by atoms with van der Waals surface area (Å²) in [6.45, 7) is 3.87.